The number of fused-ring (bicyclic) bond motifs is 1. The average Bonchev–Trinajstić information content (AvgIpc) is 3.17. The number of rotatable bonds is 6. The molecule has 0 aromatic heterocycles. The number of nitrogens with zero attached hydrogens (tertiary/aromatic N) is 2. The molecule has 0 bridgehead atoms. The van der Waals surface area contributed by atoms with Crippen molar-refractivity contribution >= 4 is 57.3 Å². The van der Waals surface area contributed by atoms with Crippen LogP contribution >= 0.6 is 23.4 Å². The van der Waals surface area contributed by atoms with Crippen molar-refractivity contribution in [3.05, 3.63) is 81.7 Å². The molecule has 0 radical (unpaired) electrons. The largest absolute Gasteiger partial charge is 0.488 e. The molecule has 0 aliphatic carbocycles. The van der Waals surface area contributed by atoms with Gasteiger partial charge in [-0.15, -0.1) is 0 Å². The van der Waals surface area contributed by atoms with Crippen molar-refractivity contribution in [2.45, 2.75) is 25.9 Å². The summed E-state index contributed by atoms with van der Waals surface area (Å²) in [4.78, 5) is 41.7. The van der Waals surface area contributed by atoms with Crippen LogP contribution in [0.4, 0.5) is 4.79 Å². The van der Waals surface area contributed by atoms with Gasteiger partial charge >= 0.3 is 0 Å². The molecule has 0 spiro atoms. The van der Waals surface area contributed by atoms with E-state index in [0.29, 0.717) is 30.5 Å². The summed E-state index contributed by atoms with van der Waals surface area (Å²) >= 11 is 6.85. The van der Waals surface area contributed by atoms with Crippen LogP contribution in [0, 0.1) is 0 Å². The SMILES string of the molecule is O=C(CN1C(=O)S/C(=C\c2c(OCc3ccc(Cl)cc3)ccc3ccccc23)C1=O)N1CCCCC1. The standard InChI is InChI=1S/C28H25ClN2O4S/c29-21-11-8-19(9-12-21)18-35-24-13-10-20-6-2-3-7-22(20)23(24)16-25-27(33)31(28(34)36-25)17-26(32)30-14-4-1-5-15-30/h2-3,6-13,16H,1,4-5,14-15,17-18H2/b25-16-. The van der Waals surface area contributed by atoms with Gasteiger partial charge in [-0.1, -0.05) is 54.1 Å². The fraction of sp³-hybridized carbons (Fsp3) is 0.250. The minimum atomic E-state index is -0.452. The average molecular weight is 521 g/mol. The van der Waals surface area contributed by atoms with Crippen molar-refractivity contribution < 1.29 is 19.1 Å². The molecule has 8 heteroatoms. The van der Waals surface area contributed by atoms with Gasteiger partial charge in [0.1, 0.15) is 18.9 Å². The van der Waals surface area contributed by atoms with Crippen molar-refractivity contribution in [2.24, 2.45) is 0 Å². The Labute approximate surface area is 218 Å². The number of likely N-dealkylation sites (tertiary alicyclic amines) is 1. The van der Waals surface area contributed by atoms with Crippen molar-refractivity contribution in [1.29, 1.82) is 0 Å². The van der Waals surface area contributed by atoms with Crippen LogP contribution in [0.5, 0.6) is 5.75 Å². The summed E-state index contributed by atoms with van der Waals surface area (Å²) in [5.74, 6) is -0.0396. The van der Waals surface area contributed by atoms with Crippen LogP contribution in [0.3, 0.4) is 0 Å². The minimum Gasteiger partial charge on any atom is -0.488 e. The Morgan fingerprint density at radius 1 is 0.972 bits per heavy atom. The molecule has 3 aromatic carbocycles. The molecule has 3 aromatic rings. The van der Waals surface area contributed by atoms with E-state index in [1.807, 2.05) is 60.7 Å². The Kier molecular flexibility index (Phi) is 7.30. The number of piperidine rings is 1. The van der Waals surface area contributed by atoms with E-state index in [0.717, 1.165) is 57.8 Å². The Hall–Kier alpha value is -3.29. The van der Waals surface area contributed by atoms with Crippen LogP contribution in [-0.4, -0.2) is 46.5 Å². The second-order valence-electron chi connectivity index (χ2n) is 8.82. The third-order valence-electron chi connectivity index (χ3n) is 6.39. The predicted molar refractivity (Wildman–Crippen MR) is 143 cm³/mol. The quantitative estimate of drug-likeness (QED) is 0.366. The van der Waals surface area contributed by atoms with Crippen LogP contribution in [0.25, 0.3) is 16.8 Å². The first kappa shape index (κ1) is 24.4. The topological polar surface area (TPSA) is 66.9 Å². The predicted octanol–water partition coefficient (Wildman–Crippen LogP) is 6.12. The number of ether oxygens (including phenoxy) is 1. The molecule has 36 heavy (non-hydrogen) atoms. The van der Waals surface area contributed by atoms with E-state index in [-0.39, 0.29) is 17.4 Å². The number of carbonyl (C=O) groups is 3. The molecule has 184 valence electrons. The number of amides is 3. The second kappa shape index (κ2) is 10.8. The molecular weight excluding hydrogens is 496 g/mol. The van der Waals surface area contributed by atoms with Gasteiger partial charge in [-0.3, -0.25) is 19.3 Å². The van der Waals surface area contributed by atoms with Crippen LogP contribution in [0.2, 0.25) is 5.02 Å². The molecule has 0 saturated carbocycles. The molecule has 2 heterocycles. The third-order valence-corrected chi connectivity index (χ3v) is 7.55. The number of hydrogen-bond donors (Lipinski definition) is 0. The molecule has 6 nitrogen and oxygen atoms in total. The summed E-state index contributed by atoms with van der Waals surface area (Å²) in [6.45, 7) is 1.45. The fourth-order valence-electron chi connectivity index (χ4n) is 4.44. The second-order valence-corrected chi connectivity index (χ2v) is 10.3. The number of carbonyl (C=O) groups excluding carboxylic acids is 3. The zero-order valence-electron chi connectivity index (χ0n) is 19.6. The first-order valence-electron chi connectivity index (χ1n) is 11.9. The summed E-state index contributed by atoms with van der Waals surface area (Å²) < 4.78 is 6.15. The van der Waals surface area contributed by atoms with Crippen LogP contribution in [0.15, 0.2) is 65.6 Å². The molecule has 2 fully saturated rings. The van der Waals surface area contributed by atoms with Gasteiger partial charge < -0.3 is 9.64 Å². The van der Waals surface area contributed by atoms with Gasteiger partial charge in [-0.25, -0.2) is 0 Å². The maximum atomic E-state index is 13.2. The van der Waals surface area contributed by atoms with Crippen LogP contribution in [-0.2, 0) is 16.2 Å². The normalized spacial score (nSPS) is 17.3. The van der Waals surface area contributed by atoms with E-state index >= 15 is 0 Å². The highest BCUT2D eigenvalue weighted by Crippen LogP contribution is 2.37. The minimum absolute atomic E-state index is 0.185. The Morgan fingerprint density at radius 2 is 1.72 bits per heavy atom. The molecule has 0 N–H and O–H groups in total. The lowest BCUT2D eigenvalue weighted by atomic mass is 10.0. The van der Waals surface area contributed by atoms with Crippen molar-refractivity contribution in [3.63, 3.8) is 0 Å². The molecule has 2 saturated heterocycles. The number of halogens is 1. The molecule has 5 rings (SSSR count). The smallest absolute Gasteiger partial charge is 0.294 e. The summed E-state index contributed by atoms with van der Waals surface area (Å²) in [7, 11) is 0. The van der Waals surface area contributed by atoms with Gasteiger partial charge in [0.2, 0.25) is 5.91 Å². The van der Waals surface area contributed by atoms with Gasteiger partial charge in [-0.05, 0) is 71.6 Å². The highest BCUT2D eigenvalue weighted by Gasteiger charge is 2.37. The number of imide groups is 1. The zero-order valence-corrected chi connectivity index (χ0v) is 21.2. The van der Waals surface area contributed by atoms with Gasteiger partial charge in [-0.2, -0.15) is 0 Å². The first-order chi connectivity index (χ1) is 17.5. The lowest BCUT2D eigenvalue weighted by Crippen LogP contribution is -2.44. The van der Waals surface area contributed by atoms with Gasteiger partial charge in [0.15, 0.2) is 0 Å². The fourth-order valence-corrected chi connectivity index (χ4v) is 5.38. The zero-order chi connectivity index (χ0) is 25.1. The van der Waals surface area contributed by atoms with Gasteiger partial charge in [0.25, 0.3) is 11.1 Å². The maximum Gasteiger partial charge on any atom is 0.294 e. The van der Waals surface area contributed by atoms with E-state index in [1.54, 1.807) is 11.0 Å². The number of benzene rings is 3. The highest BCUT2D eigenvalue weighted by molar-refractivity contribution is 8.18. The highest BCUT2D eigenvalue weighted by atomic mass is 35.5. The number of thioether (sulfide) groups is 1. The van der Waals surface area contributed by atoms with Crippen LogP contribution in [0.1, 0.15) is 30.4 Å². The van der Waals surface area contributed by atoms with Crippen molar-refractivity contribution in [2.75, 3.05) is 19.6 Å². The molecule has 0 unspecified atom stereocenters. The monoisotopic (exact) mass is 520 g/mol. The van der Waals surface area contributed by atoms with E-state index < -0.39 is 11.1 Å². The lowest BCUT2D eigenvalue weighted by Gasteiger charge is -2.27. The summed E-state index contributed by atoms with van der Waals surface area (Å²) in [6.07, 6.45) is 4.71. The van der Waals surface area contributed by atoms with Gasteiger partial charge in [0, 0.05) is 23.7 Å². The maximum absolute atomic E-state index is 13.2. The van der Waals surface area contributed by atoms with E-state index in [4.69, 9.17) is 16.3 Å². The molecular formula is C28H25ClN2O4S. The van der Waals surface area contributed by atoms with E-state index in [1.165, 1.54) is 0 Å². The molecule has 3 amide bonds. The van der Waals surface area contributed by atoms with E-state index in [2.05, 4.69) is 0 Å². The Morgan fingerprint density at radius 3 is 2.50 bits per heavy atom. The van der Waals surface area contributed by atoms with E-state index in [9.17, 15) is 14.4 Å². The van der Waals surface area contributed by atoms with Crippen LogP contribution < -0.4 is 4.74 Å². The third kappa shape index (κ3) is 5.27. The Balaban J connectivity index is 1.42. The molecule has 2 aliphatic rings. The van der Waals surface area contributed by atoms with Crippen molar-refractivity contribution in [1.82, 2.24) is 9.80 Å². The summed E-state index contributed by atoms with van der Waals surface area (Å²) in [6, 6.07) is 19.1. The molecule has 0 atom stereocenters. The number of hydrogen-bond acceptors (Lipinski definition) is 5. The summed E-state index contributed by atoms with van der Waals surface area (Å²) in [5.41, 5.74) is 1.67. The Bertz CT molecular complexity index is 1350. The summed E-state index contributed by atoms with van der Waals surface area (Å²) in [5, 5.41) is 2.12. The lowest BCUT2D eigenvalue weighted by molar-refractivity contribution is -0.136. The van der Waals surface area contributed by atoms with Crippen molar-refractivity contribution in [3.8, 4) is 5.75 Å². The molecule has 2 aliphatic heterocycles. The van der Waals surface area contributed by atoms with Gasteiger partial charge in [0.05, 0.1) is 4.91 Å². The first-order valence-corrected chi connectivity index (χ1v) is 13.1.